The fraction of sp³-hybridized carbons (Fsp3) is 0.435. The third-order valence-corrected chi connectivity index (χ3v) is 5.66. The Morgan fingerprint density at radius 1 is 1.06 bits per heavy atom. The molecule has 0 unspecified atom stereocenters. The van der Waals surface area contributed by atoms with Gasteiger partial charge in [0.2, 0.25) is 0 Å². The maximum atomic E-state index is 13.8. The van der Waals surface area contributed by atoms with Crippen LogP contribution < -0.4 is 10.6 Å². The van der Waals surface area contributed by atoms with Crippen molar-refractivity contribution in [1.29, 1.82) is 0 Å². The fourth-order valence-corrected chi connectivity index (χ4v) is 3.36. The molecule has 2 amide bonds. The molecule has 0 radical (unpaired) electrons. The molecule has 0 aliphatic carbocycles. The molecule has 6 nitrogen and oxygen atoms in total. The van der Waals surface area contributed by atoms with Gasteiger partial charge >= 0.3 is 0 Å². The Labute approximate surface area is 189 Å². The lowest BCUT2D eigenvalue weighted by Gasteiger charge is -2.32. The molecule has 33 heavy (non-hydrogen) atoms. The normalized spacial score (nSPS) is 11.9. The average Bonchev–Trinajstić information content (AvgIpc) is 2.93. The number of aromatic nitrogens is 1. The van der Waals surface area contributed by atoms with Crippen molar-refractivity contribution >= 4 is 23.3 Å². The highest BCUT2D eigenvalue weighted by atomic mass is 19.3. The Morgan fingerprint density at radius 3 is 2.18 bits per heavy atom. The van der Waals surface area contributed by atoms with Crippen LogP contribution in [0.2, 0.25) is 0 Å². The number of hydrogen-bond acceptors (Lipinski definition) is 3. The standard InChI is InChI=1S/C23H27F4N3O3/c1-12-11-15(7-8-16(12)25)28-20(32)17-13(2)18(30(10-9-24)14(17)3)19(31)21(33)29-22(4,5)23(6,26)27/h7-8,11H,9-10H2,1-6H3,(H,28,32)(H,29,33). The number of amides is 2. The van der Waals surface area contributed by atoms with Crippen LogP contribution in [0.3, 0.4) is 0 Å². The molecular formula is C23H27F4N3O3. The quantitative estimate of drug-likeness (QED) is 0.339. The Bertz CT molecular complexity index is 1100. The number of carbonyl (C=O) groups excluding carboxylic acids is 3. The molecular weight excluding hydrogens is 442 g/mol. The minimum atomic E-state index is -3.33. The van der Waals surface area contributed by atoms with Crippen molar-refractivity contribution in [2.75, 3.05) is 12.0 Å². The second-order valence-corrected chi connectivity index (χ2v) is 8.49. The van der Waals surface area contributed by atoms with Gasteiger partial charge in [0.1, 0.15) is 12.5 Å². The zero-order chi connectivity index (χ0) is 25.3. The molecule has 1 heterocycles. The number of halogens is 4. The monoisotopic (exact) mass is 469 g/mol. The molecule has 0 atom stereocenters. The Kier molecular flexibility index (Phi) is 7.40. The maximum Gasteiger partial charge on any atom is 0.294 e. The van der Waals surface area contributed by atoms with Crippen molar-refractivity contribution in [3.8, 4) is 0 Å². The van der Waals surface area contributed by atoms with Gasteiger partial charge in [0, 0.05) is 18.3 Å². The summed E-state index contributed by atoms with van der Waals surface area (Å²) in [5.41, 5.74) is -1.34. The summed E-state index contributed by atoms with van der Waals surface area (Å²) < 4.78 is 55.5. The molecule has 1 aromatic heterocycles. The first-order chi connectivity index (χ1) is 15.1. The number of rotatable bonds is 8. The van der Waals surface area contributed by atoms with Gasteiger partial charge in [-0.15, -0.1) is 0 Å². The van der Waals surface area contributed by atoms with Gasteiger partial charge in [0.15, 0.2) is 0 Å². The molecule has 2 N–H and O–H groups in total. The SMILES string of the molecule is Cc1cc(NC(=O)c2c(C)c(C(=O)C(=O)NC(C)(C)C(C)(F)F)n(CCF)c2C)ccc1F. The van der Waals surface area contributed by atoms with Crippen molar-refractivity contribution in [1.82, 2.24) is 9.88 Å². The largest absolute Gasteiger partial charge is 0.338 e. The van der Waals surface area contributed by atoms with E-state index in [2.05, 4.69) is 5.32 Å². The molecule has 1 aromatic carbocycles. The van der Waals surface area contributed by atoms with Crippen LogP contribution in [0.15, 0.2) is 18.2 Å². The Balaban J connectivity index is 2.46. The van der Waals surface area contributed by atoms with Crippen molar-refractivity contribution in [2.45, 2.75) is 59.5 Å². The third-order valence-electron chi connectivity index (χ3n) is 5.66. The van der Waals surface area contributed by atoms with Gasteiger partial charge < -0.3 is 15.2 Å². The molecule has 0 fully saturated rings. The lowest BCUT2D eigenvalue weighted by atomic mass is 9.97. The Hall–Kier alpha value is -3.17. The van der Waals surface area contributed by atoms with E-state index in [1.807, 2.05) is 5.32 Å². The lowest BCUT2D eigenvalue weighted by Crippen LogP contribution is -2.56. The fourth-order valence-electron chi connectivity index (χ4n) is 3.36. The lowest BCUT2D eigenvalue weighted by molar-refractivity contribution is -0.125. The molecule has 2 aromatic rings. The summed E-state index contributed by atoms with van der Waals surface area (Å²) in [6.45, 7) is 5.94. The molecule has 0 aliphatic heterocycles. The van der Waals surface area contributed by atoms with E-state index in [-0.39, 0.29) is 29.1 Å². The summed E-state index contributed by atoms with van der Waals surface area (Å²) >= 11 is 0. The van der Waals surface area contributed by atoms with E-state index < -0.39 is 41.6 Å². The second-order valence-electron chi connectivity index (χ2n) is 8.49. The first-order valence-corrected chi connectivity index (χ1v) is 10.2. The number of ketones is 1. The highest BCUT2D eigenvalue weighted by molar-refractivity contribution is 6.43. The van der Waals surface area contributed by atoms with E-state index in [0.717, 1.165) is 13.8 Å². The van der Waals surface area contributed by atoms with Crippen LogP contribution in [0.25, 0.3) is 0 Å². The van der Waals surface area contributed by atoms with Gasteiger partial charge in [-0.2, -0.15) is 0 Å². The van der Waals surface area contributed by atoms with E-state index in [9.17, 15) is 31.9 Å². The molecule has 0 saturated carbocycles. The van der Waals surface area contributed by atoms with Gasteiger partial charge in [0.25, 0.3) is 23.5 Å². The number of Topliss-reactive ketones (excluding diaryl/α,β-unsaturated/α-hetero) is 1. The number of hydrogen-bond donors (Lipinski definition) is 2. The molecule has 0 aliphatic rings. The van der Waals surface area contributed by atoms with Gasteiger partial charge in [-0.3, -0.25) is 14.4 Å². The molecule has 10 heteroatoms. The number of carbonyl (C=O) groups is 3. The highest BCUT2D eigenvalue weighted by Crippen LogP contribution is 2.28. The smallest absolute Gasteiger partial charge is 0.294 e. The number of aryl methyl sites for hydroxylation is 1. The highest BCUT2D eigenvalue weighted by Gasteiger charge is 2.44. The molecule has 0 spiro atoms. The summed E-state index contributed by atoms with van der Waals surface area (Å²) in [4.78, 5) is 38.4. The number of alkyl halides is 3. The summed E-state index contributed by atoms with van der Waals surface area (Å²) in [6, 6.07) is 3.96. The molecule has 0 saturated heterocycles. The minimum absolute atomic E-state index is 0.0293. The molecule has 180 valence electrons. The van der Waals surface area contributed by atoms with E-state index in [0.29, 0.717) is 18.2 Å². The van der Waals surface area contributed by atoms with E-state index in [4.69, 9.17) is 0 Å². The van der Waals surface area contributed by atoms with Crippen molar-refractivity contribution in [3.05, 3.63) is 52.1 Å². The van der Waals surface area contributed by atoms with Crippen LogP contribution in [0.1, 0.15) is 58.4 Å². The van der Waals surface area contributed by atoms with Crippen molar-refractivity contribution < 1.29 is 31.9 Å². The second kappa shape index (κ2) is 9.36. The maximum absolute atomic E-state index is 13.8. The van der Waals surface area contributed by atoms with Crippen LogP contribution >= 0.6 is 0 Å². The van der Waals surface area contributed by atoms with E-state index in [1.54, 1.807) is 0 Å². The van der Waals surface area contributed by atoms with E-state index >= 15 is 0 Å². The van der Waals surface area contributed by atoms with Crippen molar-refractivity contribution in [2.24, 2.45) is 0 Å². The van der Waals surface area contributed by atoms with Crippen molar-refractivity contribution in [3.63, 3.8) is 0 Å². The van der Waals surface area contributed by atoms with E-state index in [1.165, 1.54) is 43.5 Å². The first-order valence-electron chi connectivity index (χ1n) is 10.2. The van der Waals surface area contributed by atoms with Crippen LogP contribution in [0.5, 0.6) is 0 Å². The van der Waals surface area contributed by atoms with Gasteiger partial charge in [-0.05, 0) is 63.9 Å². The molecule has 2 rings (SSSR count). The predicted molar refractivity (Wildman–Crippen MR) is 116 cm³/mol. The van der Waals surface area contributed by atoms with Crippen LogP contribution in [-0.2, 0) is 11.3 Å². The first kappa shape index (κ1) is 26.1. The summed E-state index contributed by atoms with van der Waals surface area (Å²) in [6.07, 6.45) is 0. The number of nitrogens with zero attached hydrogens (tertiary/aromatic N) is 1. The summed E-state index contributed by atoms with van der Waals surface area (Å²) in [5, 5.41) is 4.61. The predicted octanol–water partition coefficient (Wildman–Crippen LogP) is 4.51. The summed E-state index contributed by atoms with van der Waals surface area (Å²) in [5.74, 6) is -6.90. The topological polar surface area (TPSA) is 80.2 Å². The van der Waals surface area contributed by atoms with Gasteiger partial charge in [-0.25, -0.2) is 17.6 Å². The molecule has 0 bridgehead atoms. The van der Waals surface area contributed by atoms with Gasteiger partial charge in [0.05, 0.1) is 23.3 Å². The zero-order valence-electron chi connectivity index (χ0n) is 19.3. The van der Waals surface area contributed by atoms with Crippen LogP contribution in [0, 0.1) is 26.6 Å². The number of benzene rings is 1. The Morgan fingerprint density at radius 2 is 1.67 bits per heavy atom. The number of nitrogens with one attached hydrogen (secondary N) is 2. The average molecular weight is 469 g/mol. The minimum Gasteiger partial charge on any atom is -0.338 e. The summed E-state index contributed by atoms with van der Waals surface area (Å²) in [7, 11) is 0. The number of anilines is 1. The third kappa shape index (κ3) is 5.26. The van der Waals surface area contributed by atoms with Crippen LogP contribution in [-0.4, -0.2) is 40.3 Å². The zero-order valence-corrected chi connectivity index (χ0v) is 19.3. The van der Waals surface area contributed by atoms with Crippen LogP contribution in [0.4, 0.5) is 23.2 Å². The van der Waals surface area contributed by atoms with Gasteiger partial charge in [-0.1, -0.05) is 0 Å².